The number of benzene rings is 7. The Morgan fingerprint density at radius 3 is 2.10 bits per heavy atom. The number of nitrogens with zero attached hydrogens (tertiary/aromatic N) is 1. The van der Waals surface area contributed by atoms with Gasteiger partial charge in [-0.3, -0.25) is 0 Å². The van der Waals surface area contributed by atoms with Crippen LogP contribution >= 0.6 is 11.3 Å². The molecule has 2 heterocycles. The van der Waals surface area contributed by atoms with Gasteiger partial charge in [-0.05, 0) is 119 Å². The number of fused-ring (bicyclic) bond motifs is 9. The number of para-hydroxylation sites is 2. The number of furan rings is 1. The van der Waals surface area contributed by atoms with Crippen molar-refractivity contribution in [3.05, 3.63) is 162 Å². The van der Waals surface area contributed by atoms with Gasteiger partial charge in [0, 0.05) is 47.7 Å². The van der Waals surface area contributed by atoms with Crippen molar-refractivity contribution in [2.24, 2.45) is 0 Å². The van der Waals surface area contributed by atoms with Gasteiger partial charge in [0.05, 0.1) is 5.69 Å². The lowest BCUT2D eigenvalue weighted by Crippen LogP contribution is -2.14. The predicted molar refractivity (Wildman–Crippen MR) is 214 cm³/mol. The third-order valence-corrected chi connectivity index (χ3v) is 12.0. The van der Waals surface area contributed by atoms with Crippen LogP contribution in [-0.2, 0) is 5.41 Å². The molecule has 0 radical (unpaired) electrons. The second-order valence-corrected chi connectivity index (χ2v) is 15.4. The molecule has 0 aliphatic heterocycles. The fourth-order valence-electron chi connectivity index (χ4n) is 8.39. The first-order chi connectivity index (χ1) is 24.3. The molecule has 3 heteroatoms. The third kappa shape index (κ3) is 4.26. The highest BCUT2D eigenvalue weighted by Crippen LogP contribution is 2.52. The molecule has 2 nitrogen and oxygen atoms in total. The van der Waals surface area contributed by atoms with Gasteiger partial charge in [0.2, 0.25) is 0 Å². The molecule has 7 aromatic carbocycles. The molecule has 2 aromatic heterocycles. The third-order valence-electron chi connectivity index (χ3n) is 10.9. The first-order valence-electron chi connectivity index (χ1n) is 17.3. The van der Waals surface area contributed by atoms with Crippen molar-refractivity contribution < 1.29 is 4.42 Å². The number of hydrogen-bond acceptors (Lipinski definition) is 3. The van der Waals surface area contributed by atoms with Crippen molar-refractivity contribution in [1.82, 2.24) is 0 Å². The second-order valence-electron chi connectivity index (χ2n) is 14.3. The molecule has 240 valence electrons. The summed E-state index contributed by atoms with van der Waals surface area (Å²) in [6.07, 6.45) is 0. The molecule has 0 atom stereocenters. The minimum absolute atomic E-state index is 0.0396. The van der Waals surface area contributed by atoms with Crippen LogP contribution in [0, 0.1) is 13.8 Å². The Morgan fingerprint density at radius 1 is 0.500 bits per heavy atom. The first-order valence-corrected chi connectivity index (χ1v) is 18.2. The SMILES string of the molecule is Cc1cccc(C)c1N(c1cccc(-c2ccc3c(c2)oc2ccccc23)c1)c1ccc2sc3cc4c(cc3c2c1)C(C)(C)c1ccccc1-4. The van der Waals surface area contributed by atoms with Gasteiger partial charge in [-0.2, -0.15) is 0 Å². The molecule has 10 rings (SSSR count). The summed E-state index contributed by atoms with van der Waals surface area (Å²) in [4.78, 5) is 2.45. The molecule has 0 amide bonds. The predicted octanol–water partition coefficient (Wildman–Crippen LogP) is 14.0. The molecule has 0 unspecified atom stereocenters. The lowest BCUT2D eigenvalue weighted by Gasteiger charge is -2.29. The van der Waals surface area contributed by atoms with E-state index >= 15 is 0 Å². The van der Waals surface area contributed by atoms with Crippen molar-refractivity contribution >= 4 is 70.5 Å². The molecule has 0 saturated carbocycles. The fraction of sp³-hybridized carbons (Fsp3) is 0.106. The van der Waals surface area contributed by atoms with Crippen LogP contribution in [0.5, 0.6) is 0 Å². The number of thiophene rings is 1. The van der Waals surface area contributed by atoms with Gasteiger partial charge in [-0.25, -0.2) is 0 Å². The minimum atomic E-state index is -0.0396. The zero-order valence-corrected chi connectivity index (χ0v) is 29.4. The number of aryl methyl sites for hydroxylation is 2. The quantitative estimate of drug-likeness (QED) is 0.187. The molecule has 50 heavy (non-hydrogen) atoms. The largest absolute Gasteiger partial charge is 0.456 e. The van der Waals surface area contributed by atoms with E-state index in [1.54, 1.807) is 0 Å². The second kappa shape index (κ2) is 10.7. The van der Waals surface area contributed by atoms with Gasteiger partial charge in [0.25, 0.3) is 0 Å². The summed E-state index contributed by atoms with van der Waals surface area (Å²) in [6, 6.07) is 51.2. The Labute approximate surface area is 295 Å². The topological polar surface area (TPSA) is 16.4 Å². The van der Waals surface area contributed by atoms with Crippen LogP contribution in [0.15, 0.2) is 144 Å². The minimum Gasteiger partial charge on any atom is -0.456 e. The summed E-state index contributed by atoms with van der Waals surface area (Å²) in [5, 5.41) is 4.94. The summed E-state index contributed by atoms with van der Waals surface area (Å²) in [6.45, 7) is 9.17. The summed E-state index contributed by atoms with van der Waals surface area (Å²) < 4.78 is 8.93. The highest BCUT2D eigenvalue weighted by atomic mass is 32.1. The Bertz CT molecular complexity index is 2810. The molecule has 0 fully saturated rings. The molecule has 0 N–H and O–H groups in total. The van der Waals surface area contributed by atoms with Crippen molar-refractivity contribution in [3.8, 4) is 22.3 Å². The molecule has 1 aliphatic rings. The number of rotatable bonds is 4. The van der Waals surface area contributed by atoms with Crippen LogP contribution in [0.25, 0.3) is 64.4 Å². The maximum absolute atomic E-state index is 6.28. The van der Waals surface area contributed by atoms with E-state index < -0.39 is 0 Å². The highest BCUT2D eigenvalue weighted by Gasteiger charge is 2.35. The lowest BCUT2D eigenvalue weighted by molar-refractivity contribution is 0.661. The van der Waals surface area contributed by atoms with E-state index in [-0.39, 0.29) is 5.41 Å². The number of anilines is 3. The standard InChI is InChI=1S/C47H35NOS/c1-28-11-9-12-29(2)46(28)48(32-14-10-13-30(23-32)31-19-21-36-35-16-6-8-18-42(35)49-43(36)24-31)33-20-22-44-38(25-33)39-26-41-37(27-45(39)50-44)34-15-5-7-17-40(34)47(41,3)4/h5-27H,1-4H3. The van der Waals surface area contributed by atoms with Crippen LogP contribution in [0.3, 0.4) is 0 Å². The van der Waals surface area contributed by atoms with Crippen LogP contribution < -0.4 is 4.90 Å². The van der Waals surface area contributed by atoms with Gasteiger partial charge >= 0.3 is 0 Å². The fourth-order valence-corrected chi connectivity index (χ4v) is 9.50. The van der Waals surface area contributed by atoms with Crippen molar-refractivity contribution in [2.75, 3.05) is 4.90 Å². The molecule has 0 bridgehead atoms. The summed E-state index contributed by atoms with van der Waals surface area (Å²) >= 11 is 1.90. The molecule has 0 spiro atoms. The van der Waals surface area contributed by atoms with Gasteiger partial charge < -0.3 is 9.32 Å². The normalized spacial score (nSPS) is 13.4. The van der Waals surface area contributed by atoms with E-state index in [4.69, 9.17) is 4.42 Å². The Morgan fingerprint density at radius 2 is 1.22 bits per heavy atom. The van der Waals surface area contributed by atoms with Crippen LogP contribution in [0.4, 0.5) is 17.1 Å². The van der Waals surface area contributed by atoms with Gasteiger partial charge in [-0.15, -0.1) is 11.3 Å². The smallest absolute Gasteiger partial charge is 0.136 e. The van der Waals surface area contributed by atoms with Crippen molar-refractivity contribution in [2.45, 2.75) is 33.1 Å². The Hall–Kier alpha value is -5.64. The average Bonchev–Trinajstić information content (AvgIpc) is 3.76. The Balaban J connectivity index is 1.15. The van der Waals surface area contributed by atoms with E-state index in [0.29, 0.717) is 0 Å². The lowest BCUT2D eigenvalue weighted by atomic mass is 9.82. The maximum Gasteiger partial charge on any atom is 0.136 e. The monoisotopic (exact) mass is 661 g/mol. The summed E-state index contributed by atoms with van der Waals surface area (Å²) in [5.41, 5.74) is 15.6. The molecule has 9 aromatic rings. The van der Waals surface area contributed by atoms with Gasteiger partial charge in [-0.1, -0.05) is 92.7 Å². The molecule has 1 aliphatic carbocycles. The average molecular weight is 662 g/mol. The van der Waals surface area contributed by atoms with Crippen LogP contribution in [0.1, 0.15) is 36.1 Å². The van der Waals surface area contributed by atoms with Crippen LogP contribution in [0.2, 0.25) is 0 Å². The van der Waals surface area contributed by atoms with E-state index in [9.17, 15) is 0 Å². The Kier molecular flexibility index (Phi) is 6.26. The van der Waals surface area contributed by atoms with Gasteiger partial charge in [0.1, 0.15) is 11.2 Å². The van der Waals surface area contributed by atoms with E-state index in [1.807, 2.05) is 23.5 Å². The van der Waals surface area contributed by atoms with Crippen molar-refractivity contribution in [1.29, 1.82) is 0 Å². The summed E-state index contributed by atoms with van der Waals surface area (Å²) in [7, 11) is 0. The molecular weight excluding hydrogens is 627 g/mol. The van der Waals surface area contributed by atoms with Gasteiger partial charge in [0.15, 0.2) is 0 Å². The molecule has 0 saturated heterocycles. The maximum atomic E-state index is 6.28. The van der Waals surface area contributed by atoms with E-state index in [0.717, 1.165) is 44.4 Å². The summed E-state index contributed by atoms with van der Waals surface area (Å²) in [5.74, 6) is 0. The highest BCUT2D eigenvalue weighted by molar-refractivity contribution is 7.25. The van der Waals surface area contributed by atoms with E-state index in [2.05, 4.69) is 160 Å². The zero-order valence-electron chi connectivity index (χ0n) is 28.5. The first kappa shape index (κ1) is 29.3. The van der Waals surface area contributed by atoms with E-state index in [1.165, 1.54) is 59.2 Å². The molecular formula is C47H35NOS. The van der Waals surface area contributed by atoms with Crippen molar-refractivity contribution in [3.63, 3.8) is 0 Å². The van der Waals surface area contributed by atoms with Crippen LogP contribution in [-0.4, -0.2) is 0 Å². The number of hydrogen-bond donors (Lipinski definition) is 0. The zero-order chi connectivity index (χ0) is 33.7.